The Morgan fingerprint density at radius 2 is 1.08 bits per heavy atom. The van der Waals surface area contributed by atoms with Gasteiger partial charge in [0.15, 0.2) is 0 Å². The molecule has 2 aromatic carbocycles. The van der Waals surface area contributed by atoms with Crippen molar-refractivity contribution < 1.29 is 32.7 Å². The molecule has 0 atom stereocenters. The van der Waals surface area contributed by atoms with Gasteiger partial charge in [-0.2, -0.15) is 0 Å². The van der Waals surface area contributed by atoms with Gasteiger partial charge in [-0.3, -0.25) is 0 Å². The Hall–Kier alpha value is -2.60. The third-order valence-electron chi connectivity index (χ3n) is 2.72. The quantitative estimate of drug-likeness (QED) is 0.410. The lowest BCUT2D eigenvalue weighted by atomic mass is 10.2. The molecular formula is C16H14O7P+. The maximum Gasteiger partial charge on any atom is 0.704 e. The minimum absolute atomic E-state index is 0.342. The molecule has 0 heterocycles. The topological polar surface area (TPSA) is 88.1 Å². The molecule has 7 nitrogen and oxygen atoms in total. The summed E-state index contributed by atoms with van der Waals surface area (Å²) in [6.45, 7) is -1.09. The van der Waals surface area contributed by atoms with Gasteiger partial charge in [0.05, 0.1) is 11.1 Å². The first kappa shape index (κ1) is 17.7. The molecule has 0 aliphatic carbocycles. The minimum atomic E-state index is -2.58. The lowest BCUT2D eigenvalue weighted by Crippen LogP contribution is -2.08. The van der Waals surface area contributed by atoms with Gasteiger partial charge in [0.25, 0.3) is 0 Å². The highest BCUT2D eigenvalue weighted by Gasteiger charge is 2.23. The van der Waals surface area contributed by atoms with Crippen LogP contribution < -0.4 is 0 Å². The molecule has 0 radical (unpaired) electrons. The molecule has 0 saturated heterocycles. The Morgan fingerprint density at radius 3 is 1.46 bits per heavy atom. The van der Waals surface area contributed by atoms with E-state index in [1.54, 1.807) is 60.7 Å². The van der Waals surface area contributed by atoms with E-state index in [-0.39, 0.29) is 0 Å². The molecule has 0 N–H and O–H groups in total. The van der Waals surface area contributed by atoms with Crippen LogP contribution in [0.3, 0.4) is 0 Å². The average molecular weight is 349 g/mol. The van der Waals surface area contributed by atoms with Gasteiger partial charge in [0.1, 0.15) is 0 Å². The summed E-state index contributed by atoms with van der Waals surface area (Å²) in [6.07, 6.45) is 0. The fourth-order valence-corrected chi connectivity index (χ4v) is 1.95. The molecule has 0 aliphatic heterocycles. The lowest BCUT2D eigenvalue weighted by molar-refractivity contribution is -0.00262. The van der Waals surface area contributed by atoms with Crippen LogP contribution in [-0.2, 0) is 23.1 Å². The predicted octanol–water partition coefficient (Wildman–Crippen LogP) is 3.31. The smallest absolute Gasteiger partial charge is 0.430 e. The monoisotopic (exact) mass is 349 g/mol. The van der Waals surface area contributed by atoms with E-state index in [9.17, 15) is 14.2 Å². The Morgan fingerprint density at radius 1 is 0.708 bits per heavy atom. The van der Waals surface area contributed by atoms with Gasteiger partial charge >= 0.3 is 20.2 Å². The summed E-state index contributed by atoms with van der Waals surface area (Å²) in [6, 6.07) is 16.5. The molecule has 0 spiro atoms. The van der Waals surface area contributed by atoms with E-state index >= 15 is 0 Å². The summed E-state index contributed by atoms with van der Waals surface area (Å²) in [4.78, 5) is 23.2. The first-order valence-corrected chi connectivity index (χ1v) is 7.94. The Balaban J connectivity index is 1.62. The standard InChI is InChI=1S/C16H14O7P/c17-15(13-7-3-1-4-8-13)20-11-22-24(19)23-12-21-16(18)14-9-5-2-6-10-14/h1-10H,11-12H2/q+1. The molecule has 2 aromatic rings. The summed E-state index contributed by atoms with van der Waals surface area (Å²) < 4.78 is 30.3. The lowest BCUT2D eigenvalue weighted by Gasteiger charge is -2.01. The Bertz CT molecular complexity index is 629. The van der Waals surface area contributed by atoms with Gasteiger partial charge in [-0.1, -0.05) is 45.4 Å². The SMILES string of the molecule is O=C(OCO[P+](=O)OCOC(=O)c1ccccc1)c1ccccc1. The van der Waals surface area contributed by atoms with Crippen molar-refractivity contribution in [2.24, 2.45) is 0 Å². The van der Waals surface area contributed by atoms with Gasteiger partial charge < -0.3 is 9.47 Å². The molecule has 124 valence electrons. The van der Waals surface area contributed by atoms with Crippen LogP contribution in [0, 0.1) is 0 Å². The zero-order valence-electron chi connectivity index (χ0n) is 12.5. The molecule has 2 rings (SSSR count). The van der Waals surface area contributed by atoms with Gasteiger partial charge in [0, 0.05) is 4.57 Å². The van der Waals surface area contributed by atoms with Gasteiger partial charge in [-0.25, -0.2) is 9.59 Å². The van der Waals surface area contributed by atoms with Gasteiger partial charge in [-0.15, -0.1) is 0 Å². The number of hydrogen-bond acceptors (Lipinski definition) is 7. The summed E-state index contributed by atoms with van der Waals surface area (Å²) >= 11 is 0. The zero-order chi connectivity index (χ0) is 17.2. The van der Waals surface area contributed by atoms with Crippen LogP contribution in [0.4, 0.5) is 0 Å². The first-order valence-electron chi connectivity index (χ1n) is 6.84. The molecule has 0 fully saturated rings. The highest BCUT2D eigenvalue weighted by molar-refractivity contribution is 7.33. The molecular weight excluding hydrogens is 335 g/mol. The Labute approximate surface area is 139 Å². The maximum atomic E-state index is 11.6. The minimum Gasteiger partial charge on any atom is -0.430 e. The molecule has 0 unspecified atom stereocenters. The fourth-order valence-electron chi connectivity index (χ4n) is 1.60. The highest BCUT2D eigenvalue weighted by atomic mass is 31.1. The number of esters is 2. The van der Waals surface area contributed by atoms with Crippen LogP contribution in [0.2, 0.25) is 0 Å². The normalized spacial score (nSPS) is 10.0. The van der Waals surface area contributed by atoms with Crippen molar-refractivity contribution in [1.29, 1.82) is 0 Å². The highest BCUT2D eigenvalue weighted by Crippen LogP contribution is 2.23. The summed E-state index contributed by atoms with van der Waals surface area (Å²) in [7, 11) is -2.58. The largest absolute Gasteiger partial charge is 0.704 e. The van der Waals surface area contributed by atoms with Crippen molar-refractivity contribution in [3.63, 3.8) is 0 Å². The number of carbonyl (C=O) groups excluding carboxylic acids is 2. The van der Waals surface area contributed by atoms with Crippen molar-refractivity contribution >= 4 is 20.2 Å². The second-order valence-electron chi connectivity index (χ2n) is 4.31. The van der Waals surface area contributed by atoms with Crippen LogP contribution in [0.25, 0.3) is 0 Å². The number of rotatable bonds is 8. The third-order valence-corrected chi connectivity index (χ3v) is 3.35. The number of benzene rings is 2. The van der Waals surface area contributed by atoms with E-state index in [1.807, 2.05) is 0 Å². The number of ether oxygens (including phenoxy) is 2. The molecule has 8 heteroatoms. The van der Waals surface area contributed by atoms with Crippen LogP contribution >= 0.6 is 8.25 Å². The fraction of sp³-hybridized carbons (Fsp3) is 0.125. The van der Waals surface area contributed by atoms with E-state index < -0.39 is 33.8 Å². The van der Waals surface area contributed by atoms with E-state index in [4.69, 9.17) is 9.47 Å². The molecule has 0 bridgehead atoms. The predicted molar refractivity (Wildman–Crippen MR) is 83.2 cm³/mol. The van der Waals surface area contributed by atoms with E-state index in [0.29, 0.717) is 11.1 Å². The third kappa shape index (κ3) is 5.89. The van der Waals surface area contributed by atoms with Crippen molar-refractivity contribution in [2.45, 2.75) is 0 Å². The number of hydrogen-bond donors (Lipinski definition) is 0. The Kier molecular flexibility index (Phi) is 7.04. The molecule has 0 saturated carbocycles. The molecule has 0 amide bonds. The van der Waals surface area contributed by atoms with Crippen molar-refractivity contribution in [1.82, 2.24) is 0 Å². The second kappa shape index (κ2) is 9.52. The summed E-state index contributed by atoms with van der Waals surface area (Å²) in [5.41, 5.74) is 0.683. The maximum absolute atomic E-state index is 11.6. The zero-order valence-corrected chi connectivity index (χ0v) is 13.4. The first-order chi connectivity index (χ1) is 11.7. The van der Waals surface area contributed by atoms with Crippen LogP contribution in [0.5, 0.6) is 0 Å². The average Bonchev–Trinajstić information content (AvgIpc) is 2.63. The molecule has 0 aliphatic rings. The summed E-state index contributed by atoms with van der Waals surface area (Å²) in [5, 5.41) is 0. The van der Waals surface area contributed by atoms with E-state index in [2.05, 4.69) is 9.05 Å². The summed E-state index contributed by atoms with van der Waals surface area (Å²) in [5.74, 6) is -1.23. The van der Waals surface area contributed by atoms with Gasteiger partial charge in [-0.05, 0) is 24.3 Å². The van der Waals surface area contributed by atoms with Gasteiger partial charge in [0.2, 0.25) is 13.6 Å². The second-order valence-corrected chi connectivity index (χ2v) is 5.28. The van der Waals surface area contributed by atoms with E-state index in [0.717, 1.165) is 0 Å². The van der Waals surface area contributed by atoms with Crippen LogP contribution in [0.15, 0.2) is 60.7 Å². The van der Waals surface area contributed by atoms with Crippen molar-refractivity contribution in [3.05, 3.63) is 71.8 Å². The number of carbonyl (C=O) groups is 2. The van der Waals surface area contributed by atoms with Crippen LogP contribution in [-0.4, -0.2) is 25.5 Å². The van der Waals surface area contributed by atoms with Crippen molar-refractivity contribution in [3.8, 4) is 0 Å². The van der Waals surface area contributed by atoms with Crippen molar-refractivity contribution in [2.75, 3.05) is 13.6 Å². The molecule has 0 aromatic heterocycles. The molecule has 24 heavy (non-hydrogen) atoms. The van der Waals surface area contributed by atoms with E-state index in [1.165, 1.54) is 0 Å². The van der Waals surface area contributed by atoms with Crippen LogP contribution in [0.1, 0.15) is 20.7 Å².